The highest BCUT2D eigenvalue weighted by atomic mass is 19.3. The van der Waals surface area contributed by atoms with Crippen molar-refractivity contribution in [1.82, 2.24) is 34.3 Å². The molecule has 0 aliphatic heterocycles. The fraction of sp³-hybridized carbons (Fsp3) is 0.485. The number of benzene rings is 1. The van der Waals surface area contributed by atoms with Gasteiger partial charge < -0.3 is 19.1 Å². The molecule has 5 rings (SSSR count). The molecule has 0 N–H and O–H groups in total. The van der Waals surface area contributed by atoms with Gasteiger partial charge in [-0.25, -0.2) is 14.1 Å². The molecule has 3 aromatic heterocycles. The van der Waals surface area contributed by atoms with Crippen molar-refractivity contribution in [3.8, 4) is 28.7 Å². The van der Waals surface area contributed by atoms with E-state index in [2.05, 4.69) is 11.6 Å². The van der Waals surface area contributed by atoms with Crippen molar-refractivity contribution in [1.29, 1.82) is 0 Å². The zero-order chi connectivity index (χ0) is 32.6. The van der Waals surface area contributed by atoms with Crippen molar-refractivity contribution in [2.45, 2.75) is 65.5 Å². The molecule has 1 aliphatic rings. The van der Waals surface area contributed by atoms with E-state index in [0.717, 1.165) is 35.2 Å². The normalized spacial score (nSPS) is 13.1. The first-order chi connectivity index (χ1) is 21.3. The van der Waals surface area contributed by atoms with E-state index in [-0.39, 0.29) is 13.5 Å². The highest BCUT2D eigenvalue weighted by Crippen LogP contribution is 2.46. The number of halogens is 3. The van der Waals surface area contributed by atoms with Crippen LogP contribution in [0.3, 0.4) is 0 Å². The Labute approximate surface area is 269 Å². The van der Waals surface area contributed by atoms with Gasteiger partial charge >= 0.3 is 5.92 Å². The number of imidazole rings is 1. The smallest absolute Gasteiger partial charge is 0.318 e. The number of aromatic nitrogens is 7. The monoisotopic (exact) mass is 639 g/mol. The Morgan fingerprint density at radius 1 is 1.09 bits per heavy atom. The van der Waals surface area contributed by atoms with Crippen LogP contribution in [0.2, 0.25) is 0 Å². The lowest BCUT2D eigenvalue weighted by molar-refractivity contribution is -0.0318. The fourth-order valence-electron chi connectivity index (χ4n) is 5.17. The van der Waals surface area contributed by atoms with Crippen LogP contribution in [0.1, 0.15) is 70.0 Å². The molecule has 0 atom stereocenters. The predicted octanol–water partition coefficient (Wildman–Crippen LogP) is 6.95. The lowest BCUT2D eigenvalue weighted by Crippen LogP contribution is -2.28. The van der Waals surface area contributed by atoms with Crippen LogP contribution in [0.15, 0.2) is 42.6 Å². The molecule has 10 nitrogen and oxygen atoms in total. The number of ether oxygens (including phenoxy) is 1. The number of hydrogen-bond acceptors (Lipinski definition) is 8. The molecule has 46 heavy (non-hydrogen) atoms. The molecule has 0 saturated heterocycles. The van der Waals surface area contributed by atoms with Crippen LogP contribution < -0.4 is 14.5 Å². The number of anilines is 2. The molecule has 0 amide bonds. The lowest BCUT2D eigenvalue weighted by atomic mass is 10.1. The third-order valence-corrected chi connectivity index (χ3v) is 7.57. The van der Waals surface area contributed by atoms with E-state index < -0.39 is 18.3 Å². The summed E-state index contributed by atoms with van der Waals surface area (Å²) in [4.78, 5) is 22.5. The molecule has 0 bridgehead atoms. The van der Waals surface area contributed by atoms with Crippen molar-refractivity contribution in [2.24, 2.45) is 7.05 Å². The number of alkyl halides is 3. The maximum absolute atomic E-state index is 14.2. The molecule has 0 radical (unpaired) electrons. The first-order valence-electron chi connectivity index (χ1n) is 14.9. The standard InChI is InChI=1S/C32H40F3N9O.CH4/c1-19(2)15-43(16-21-9-11-23(12-10-21)28-36-24(32(34,35)18-33)17-44(28)20(3)4)31-38-27(37-30(39-31)41(5)6)25-26(22-13-14-22)40-42(7)29(25)45-8;/h9-12,17,20,22H,1,13-16,18H2,2-8H3;1H4. The van der Waals surface area contributed by atoms with Crippen molar-refractivity contribution in [3.63, 3.8) is 0 Å². The van der Waals surface area contributed by atoms with Gasteiger partial charge in [-0.2, -0.15) is 28.8 Å². The quantitative estimate of drug-likeness (QED) is 0.145. The van der Waals surface area contributed by atoms with E-state index in [1.54, 1.807) is 16.4 Å². The van der Waals surface area contributed by atoms with Crippen LogP contribution in [-0.2, 0) is 19.5 Å². The number of rotatable bonds is 13. The zero-order valence-corrected chi connectivity index (χ0v) is 26.9. The summed E-state index contributed by atoms with van der Waals surface area (Å²) in [5.74, 6) is -0.914. The molecule has 0 unspecified atom stereocenters. The van der Waals surface area contributed by atoms with E-state index in [4.69, 9.17) is 24.8 Å². The zero-order valence-electron chi connectivity index (χ0n) is 26.9. The largest absolute Gasteiger partial charge is 0.481 e. The average Bonchev–Trinajstić information content (AvgIpc) is 3.64. The summed E-state index contributed by atoms with van der Waals surface area (Å²) < 4.78 is 50.5. The molecule has 248 valence electrons. The summed E-state index contributed by atoms with van der Waals surface area (Å²) in [6.45, 7) is 8.92. The van der Waals surface area contributed by atoms with Gasteiger partial charge in [0.05, 0.1) is 12.8 Å². The molecule has 0 spiro atoms. The van der Waals surface area contributed by atoms with Gasteiger partial charge in [-0.15, -0.1) is 0 Å². The number of hydrogen-bond donors (Lipinski definition) is 0. The van der Waals surface area contributed by atoms with Crippen LogP contribution in [0.5, 0.6) is 5.88 Å². The molecule has 1 aromatic carbocycles. The van der Waals surface area contributed by atoms with E-state index in [1.165, 1.54) is 6.20 Å². The maximum atomic E-state index is 14.2. The second-order valence-corrected chi connectivity index (χ2v) is 12.1. The van der Waals surface area contributed by atoms with Crippen LogP contribution >= 0.6 is 0 Å². The number of methoxy groups -OCH3 is 1. The molecule has 1 saturated carbocycles. The van der Waals surface area contributed by atoms with Crippen LogP contribution in [0.4, 0.5) is 25.1 Å². The molecule has 1 fully saturated rings. The summed E-state index contributed by atoms with van der Waals surface area (Å²) in [6, 6.07) is 7.35. The van der Waals surface area contributed by atoms with Gasteiger partial charge in [0.1, 0.15) is 17.1 Å². The van der Waals surface area contributed by atoms with Gasteiger partial charge in [0.25, 0.3) is 0 Å². The van der Waals surface area contributed by atoms with Crippen molar-refractivity contribution >= 4 is 11.9 Å². The van der Waals surface area contributed by atoms with E-state index in [9.17, 15) is 13.2 Å². The van der Waals surface area contributed by atoms with Gasteiger partial charge in [-0.05, 0) is 39.2 Å². The Balaban J connectivity index is 0.00000480. The average molecular weight is 640 g/mol. The summed E-state index contributed by atoms with van der Waals surface area (Å²) in [5, 5.41) is 4.74. The minimum absolute atomic E-state index is 0. The summed E-state index contributed by atoms with van der Waals surface area (Å²) >= 11 is 0. The van der Waals surface area contributed by atoms with Gasteiger partial charge in [-0.3, -0.25) is 0 Å². The van der Waals surface area contributed by atoms with Gasteiger partial charge in [-0.1, -0.05) is 43.8 Å². The third kappa shape index (κ3) is 7.02. The minimum Gasteiger partial charge on any atom is -0.481 e. The Kier molecular flexibility index (Phi) is 10.1. The molecule has 3 heterocycles. The van der Waals surface area contributed by atoms with Gasteiger partial charge in [0, 0.05) is 58.0 Å². The Hall–Kier alpha value is -4.42. The van der Waals surface area contributed by atoms with E-state index in [1.807, 2.05) is 76.0 Å². The lowest BCUT2D eigenvalue weighted by Gasteiger charge is -2.25. The Bertz CT molecular complexity index is 1670. The molecule has 4 aromatic rings. The SMILES string of the molecule is C.C=C(C)CN(Cc1ccc(-c2nc(C(F)(F)CF)cn2C(C)C)cc1)c1nc(-c2c(C3CC3)nn(C)c2OC)nc(N(C)C)n1. The summed E-state index contributed by atoms with van der Waals surface area (Å²) in [7, 11) is 7.22. The van der Waals surface area contributed by atoms with Gasteiger partial charge in [0.2, 0.25) is 17.8 Å². The van der Waals surface area contributed by atoms with Crippen LogP contribution in [-0.4, -0.2) is 68.7 Å². The number of aryl methyl sites for hydroxylation is 1. The van der Waals surface area contributed by atoms with Crippen LogP contribution in [0, 0.1) is 0 Å². The molecule has 13 heteroatoms. The molecule has 1 aliphatic carbocycles. The fourth-order valence-corrected chi connectivity index (χ4v) is 5.17. The van der Waals surface area contributed by atoms with E-state index >= 15 is 0 Å². The van der Waals surface area contributed by atoms with Crippen LogP contribution in [0.25, 0.3) is 22.8 Å². The summed E-state index contributed by atoms with van der Waals surface area (Å²) in [5.41, 5.74) is 3.61. The first-order valence-corrected chi connectivity index (χ1v) is 14.9. The highest BCUT2D eigenvalue weighted by Gasteiger charge is 2.36. The third-order valence-electron chi connectivity index (χ3n) is 7.57. The van der Waals surface area contributed by atoms with Crippen molar-refractivity contribution < 1.29 is 17.9 Å². The van der Waals surface area contributed by atoms with E-state index in [0.29, 0.717) is 54.0 Å². The molecular formula is C33H44F3N9O. The second kappa shape index (κ2) is 13.5. The maximum Gasteiger partial charge on any atom is 0.318 e. The minimum atomic E-state index is -3.65. The Morgan fingerprint density at radius 2 is 1.74 bits per heavy atom. The van der Waals surface area contributed by atoms with Crippen molar-refractivity contribution in [3.05, 3.63) is 59.6 Å². The van der Waals surface area contributed by atoms with Crippen molar-refractivity contribution in [2.75, 3.05) is 44.2 Å². The predicted molar refractivity (Wildman–Crippen MR) is 175 cm³/mol. The number of nitrogens with zero attached hydrogens (tertiary/aromatic N) is 9. The topological polar surface area (TPSA) is 90.0 Å². The van der Waals surface area contributed by atoms with Gasteiger partial charge in [0.15, 0.2) is 12.5 Å². The molecular weight excluding hydrogens is 595 g/mol. The summed E-state index contributed by atoms with van der Waals surface area (Å²) in [6.07, 6.45) is 3.34. The Morgan fingerprint density at radius 3 is 2.28 bits per heavy atom. The highest BCUT2D eigenvalue weighted by molar-refractivity contribution is 5.69. The second-order valence-electron chi connectivity index (χ2n) is 12.1. The first kappa shape index (κ1) is 34.5.